The molecular weight excluding hydrogens is 324 g/mol. The number of fused-ring (bicyclic) bond motifs is 1. The first-order valence-corrected chi connectivity index (χ1v) is 5.47. The van der Waals surface area contributed by atoms with Crippen LogP contribution < -0.4 is 0 Å². The van der Waals surface area contributed by atoms with E-state index in [0.717, 1.165) is 0 Å². The third-order valence-corrected chi connectivity index (χ3v) is 2.97. The molecule has 0 saturated heterocycles. The number of benzene rings is 1. The molecule has 1 aliphatic carbocycles. The summed E-state index contributed by atoms with van der Waals surface area (Å²) in [6.07, 6.45) is -11.7. The van der Waals surface area contributed by atoms with E-state index in [1.54, 1.807) is 0 Å². The van der Waals surface area contributed by atoms with E-state index in [0.29, 0.717) is 0 Å². The molecule has 0 saturated carbocycles. The fourth-order valence-corrected chi connectivity index (χ4v) is 2.11. The van der Waals surface area contributed by atoms with Gasteiger partial charge in [-0.05, 0) is 17.7 Å². The van der Waals surface area contributed by atoms with Crippen molar-refractivity contribution in [3.8, 4) is 0 Å². The fraction of sp³-hybridized carbons (Fsp3) is 0.154. The van der Waals surface area contributed by atoms with Crippen LogP contribution in [0.3, 0.4) is 0 Å². The van der Waals surface area contributed by atoms with Crippen LogP contribution in [-0.4, -0.2) is 18.1 Å². The maximum Gasteiger partial charge on any atom is 0.421 e. The Balaban J connectivity index is 2.93. The molecule has 0 radical (unpaired) electrons. The van der Waals surface area contributed by atoms with E-state index in [1.807, 2.05) is 0 Å². The minimum atomic E-state index is -5.86. The van der Waals surface area contributed by atoms with Crippen LogP contribution in [0.1, 0.15) is 15.9 Å². The van der Waals surface area contributed by atoms with E-state index in [2.05, 4.69) is 6.58 Å². The summed E-state index contributed by atoms with van der Waals surface area (Å²) < 4.78 is 103. The van der Waals surface area contributed by atoms with Crippen molar-refractivity contribution in [2.45, 2.75) is 12.4 Å². The van der Waals surface area contributed by atoms with Crippen molar-refractivity contribution in [2.24, 2.45) is 0 Å². The van der Waals surface area contributed by atoms with Gasteiger partial charge in [-0.2, -0.15) is 26.3 Å². The molecule has 1 aromatic carbocycles. The van der Waals surface area contributed by atoms with Crippen LogP contribution >= 0.6 is 0 Å². The van der Waals surface area contributed by atoms with Crippen molar-refractivity contribution in [3.63, 3.8) is 0 Å². The van der Waals surface area contributed by atoms with Gasteiger partial charge in [0.1, 0.15) is 5.57 Å². The van der Waals surface area contributed by atoms with Crippen molar-refractivity contribution in [2.75, 3.05) is 0 Å². The molecule has 0 unspecified atom stereocenters. The lowest BCUT2D eigenvalue weighted by molar-refractivity contribution is -0.170. The number of ketones is 1. The minimum Gasteiger partial charge on any atom is -0.289 e. The van der Waals surface area contributed by atoms with Crippen LogP contribution in [0.2, 0.25) is 0 Å². The van der Waals surface area contributed by atoms with Gasteiger partial charge in [0.25, 0.3) is 0 Å². The summed E-state index contributed by atoms with van der Waals surface area (Å²) >= 11 is 0. The second-order valence-electron chi connectivity index (χ2n) is 4.37. The highest BCUT2D eigenvalue weighted by atomic mass is 19.4. The van der Waals surface area contributed by atoms with Gasteiger partial charge in [-0.25, -0.2) is 8.78 Å². The molecule has 22 heavy (non-hydrogen) atoms. The number of Topliss-reactive ketones (excluding diaryl/α,β-unsaturated/α-hetero) is 1. The number of carbonyl (C=O) groups excluding carboxylic acids is 1. The van der Waals surface area contributed by atoms with Gasteiger partial charge in [-0.1, -0.05) is 6.58 Å². The number of hydrogen-bond donors (Lipinski definition) is 0. The normalized spacial score (nSPS) is 15.4. The Morgan fingerprint density at radius 2 is 1.27 bits per heavy atom. The molecule has 1 nitrogen and oxygen atoms in total. The van der Waals surface area contributed by atoms with E-state index < -0.39 is 57.6 Å². The van der Waals surface area contributed by atoms with Crippen molar-refractivity contribution in [1.82, 2.24) is 0 Å². The lowest BCUT2D eigenvalue weighted by atomic mass is 9.98. The molecule has 0 atom stereocenters. The summed E-state index contributed by atoms with van der Waals surface area (Å²) in [5.74, 6) is -4.57. The average Bonchev–Trinajstić information content (AvgIpc) is 2.53. The molecule has 118 valence electrons. The average molecular weight is 328 g/mol. The summed E-state index contributed by atoms with van der Waals surface area (Å²) in [4.78, 5) is 11.7. The molecule has 2 rings (SSSR count). The second-order valence-corrected chi connectivity index (χ2v) is 4.37. The first-order valence-electron chi connectivity index (χ1n) is 5.47. The standard InChI is InChI=1S/C13H4F8O/c1-4-9(11(12(16,17)18)13(19,20)21)5-2-7(14)8(15)3-6(5)10(4)22/h2-3H,1H2. The largest absolute Gasteiger partial charge is 0.421 e. The molecule has 0 N–H and O–H groups in total. The van der Waals surface area contributed by atoms with E-state index >= 15 is 0 Å². The quantitative estimate of drug-likeness (QED) is 0.503. The lowest BCUT2D eigenvalue weighted by Gasteiger charge is -2.18. The number of hydrogen-bond acceptors (Lipinski definition) is 1. The van der Waals surface area contributed by atoms with Crippen molar-refractivity contribution >= 4 is 11.4 Å². The molecule has 1 aliphatic rings. The number of carbonyl (C=O) groups is 1. The smallest absolute Gasteiger partial charge is 0.289 e. The lowest BCUT2D eigenvalue weighted by Crippen LogP contribution is -2.27. The van der Waals surface area contributed by atoms with Crippen LogP contribution in [0.15, 0.2) is 29.9 Å². The van der Waals surface area contributed by atoms with Crippen molar-refractivity contribution in [3.05, 3.63) is 52.6 Å². The minimum absolute atomic E-state index is 0.119. The Labute approximate surface area is 117 Å². The van der Waals surface area contributed by atoms with Gasteiger partial charge >= 0.3 is 12.4 Å². The van der Waals surface area contributed by atoms with E-state index in [9.17, 15) is 39.9 Å². The van der Waals surface area contributed by atoms with E-state index in [1.165, 1.54) is 0 Å². The van der Waals surface area contributed by atoms with Crippen LogP contribution in [-0.2, 0) is 0 Å². The fourth-order valence-electron chi connectivity index (χ4n) is 2.11. The highest BCUT2D eigenvalue weighted by Gasteiger charge is 2.55. The van der Waals surface area contributed by atoms with Gasteiger partial charge < -0.3 is 0 Å². The molecule has 0 bridgehead atoms. The van der Waals surface area contributed by atoms with Gasteiger partial charge in [0.15, 0.2) is 17.4 Å². The Kier molecular flexibility index (Phi) is 3.42. The van der Waals surface area contributed by atoms with E-state index in [4.69, 9.17) is 0 Å². The maximum atomic E-state index is 13.2. The predicted octanol–water partition coefficient (Wildman–Crippen LogP) is 4.60. The van der Waals surface area contributed by atoms with Crippen LogP contribution in [0.5, 0.6) is 0 Å². The molecule has 0 spiro atoms. The number of rotatable bonds is 0. The van der Waals surface area contributed by atoms with Crippen molar-refractivity contribution < 1.29 is 39.9 Å². The van der Waals surface area contributed by atoms with Crippen molar-refractivity contribution in [1.29, 1.82) is 0 Å². The van der Waals surface area contributed by atoms with Crippen LogP contribution in [0, 0.1) is 11.6 Å². The maximum absolute atomic E-state index is 13.2. The Bertz CT molecular complexity index is 705. The Hall–Kier alpha value is -2.19. The highest BCUT2D eigenvalue weighted by molar-refractivity contribution is 6.26. The molecule has 0 amide bonds. The molecule has 9 heteroatoms. The van der Waals surface area contributed by atoms with Gasteiger partial charge in [0.2, 0.25) is 0 Å². The molecule has 1 aromatic rings. The topological polar surface area (TPSA) is 17.1 Å². The van der Waals surface area contributed by atoms with Gasteiger partial charge in [-0.3, -0.25) is 4.79 Å². The molecule has 0 aliphatic heterocycles. The predicted molar refractivity (Wildman–Crippen MR) is 58.9 cm³/mol. The summed E-state index contributed by atoms with van der Waals surface area (Å²) in [6.45, 7) is 2.89. The second kappa shape index (κ2) is 4.65. The van der Waals surface area contributed by atoms with Gasteiger partial charge in [0.05, 0.1) is 0 Å². The number of allylic oxidation sites excluding steroid dienone is 3. The van der Waals surface area contributed by atoms with E-state index in [-0.39, 0.29) is 12.1 Å². The number of alkyl halides is 6. The van der Waals surface area contributed by atoms with Gasteiger partial charge in [-0.15, -0.1) is 0 Å². The Morgan fingerprint density at radius 3 is 1.68 bits per heavy atom. The third kappa shape index (κ3) is 2.40. The molecular formula is C13H4F8O. The highest BCUT2D eigenvalue weighted by Crippen LogP contribution is 2.49. The summed E-state index contributed by atoms with van der Waals surface area (Å²) in [6, 6.07) is 0.364. The SMILES string of the molecule is C=C1C(=O)c2cc(F)c(F)cc2C1=C(C(F)(F)F)C(F)(F)F. The zero-order valence-corrected chi connectivity index (χ0v) is 10.3. The molecule has 0 heterocycles. The first-order chi connectivity index (χ1) is 9.85. The zero-order chi connectivity index (χ0) is 17.0. The molecule has 0 fully saturated rings. The summed E-state index contributed by atoms with van der Waals surface area (Å²) in [7, 11) is 0. The Morgan fingerprint density at radius 1 is 0.864 bits per heavy atom. The monoisotopic (exact) mass is 328 g/mol. The summed E-state index contributed by atoms with van der Waals surface area (Å²) in [5.41, 5.74) is -7.48. The van der Waals surface area contributed by atoms with Gasteiger partial charge in [0, 0.05) is 16.7 Å². The first kappa shape index (κ1) is 16.2. The van der Waals surface area contributed by atoms with Crippen LogP contribution in [0.25, 0.3) is 5.57 Å². The summed E-state index contributed by atoms with van der Waals surface area (Å²) in [5, 5.41) is 0. The third-order valence-electron chi connectivity index (χ3n) is 2.97. The van der Waals surface area contributed by atoms with Crippen LogP contribution in [0.4, 0.5) is 35.1 Å². The molecule has 0 aromatic heterocycles. The number of halogens is 8. The zero-order valence-electron chi connectivity index (χ0n) is 10.3.